The summed E-state index contributed by atoms with van der Waals surface area (Å²) in [5.74, 6) is 1.04. The van der Waals surface area contributed by atoms with Gasteiger partial charge in [0.1, 0.15) is 18.0 Å². The van der Waals surface area contributed by atoms with Gasteiger partial charge in [0.2, 0.25) is 0 Å². The van der Waals surface area contributed by atoms with Crippen LogP contribution < -0.4 is 10.2 Å². The summed E-state index contributed by atoms with van der Waals surface area (Å²) in [4.78, 5) is 14.8. The minimum Gasteiger partial charge on any atom is -0.349 e. The van der Waals surface area contributed by atoms with Gasteiger partial charge < -0.3 is 10.2 Å². The molecule has 0 saturated heterocycles. The number of alkyl halides is 3. The fourth-order valence-electron chi connectivity index (χ4n) is 3.22. The molecule has 9 heteroatoms. The molecule has 144 valence electrons. The van der Waals surface area contributed by atoms with Gasteiger partial charge in [0.25, 0.3) is 0 Å². The Kier molecular flexibility index (Phi) is 4.80. The van der Waals surface area contributed by atoms with Crippen molar-refractivity contribution in [1.29, 1.82) is 0 Å². The van der Waals surface area contributed by atoms with Gasteiger partial charge in [-0.15, -0.1) is 0 Å². The summed E-state index contributed by atoms with van der Waals surface area (Å²) in [5.41, 5.74) is 0.754. The van der Waals surface area contributed by atoms with Crippen molar-refractivity contribution in [1.82, 2.24) is 15.0 Å². The molecule has 0 unspecified atom stereocenters. The number of para-hydroxylation sites is 1. The summed E-state index contributed by atoms with van der Waals surface area (Å²) in [7, 11) is 0. The third kappa shape index (κ3) is 3.60. The molecule has 0 radical (unpaired) electrons. The van der Waals surface area contributed by atoms with Crippen LogP contribution in [0, 0.1) is 0 Å². The Balaban J connectivity index is 1.64. The Morgan fingerprint density at radius 3 is 2.64 bits per heavy atom. The predicted molar refractivity (Wildman–Crippen MR) is 101 cm³/mol. The molecule has 2 aromatic heterocycles. The lowest BCUT2D eigenvalue weighted by atomic mass is 10.0. The molecule has 28 heavy (non-hydrogen) atoms. The third-order valence-corrected chi connectivity index (χ3v) is 4.83. The van der Waals surface area contributed by atoms with Crippen LogP contribution in [-0.4, -0.2) is 21.5 Å². The number of fused-ring (bicyclic) bond motifs is 1. The molecule has 5 nitrogen and oxygen atoms in total. The Morgan fingerprint density at radius 1 is 1.04 bits per heavy atom. The van der Waals surface area contributed by atoms with Crippen molar-refractivity contribution in [3.63, 3.8) is 0 Å². The number of nitrogens with zero attached hydrogens (tertiary/aromatic N) is 4. The number of aromatic nitrogens is 3. The number of anilines is 3. The van der Waals surface area contributed by atoms with Crippen LogP contribution in [0.1, 0.15) is 16.8 Å². The van der Waals surface area contributed by atoms with Crippen molar-refractivity contribution in [2.75, 3.05) is 16.8 Å². The number of benzene rings is 1. The lowest BCUT2D eigenvalue weighted by Gasteiger charge is -2.30. The largest absolute Gasteiger partial charge is 0.418 e. The van der Waals surface area contributed by atoms with Gasteiger partial charge in [-0.3, -0.25) is 0 Å². The maximum Gasteiger partial charge on any atom is 0.418 e. The molecule has 0 spiro atoms. The smallest absolute Gasteiger partial charge is 0.349 e. The van der Waals surface area contributed by atoms with E-state index in [0.717, 1.165) is 17.3 Å². The Labute approximate surface area is 164 Å². The van der Waals surface area contributed by atoms with Gasteiger partial charge in [0.15, 0.2) is 0 Å². The number of hydrogen-bond donors (Lipinski definition) is 1. The summed E-state index contributed by atoms with van der Waals surface area (Å²) in [6.07, 6.45) is -0.887. The maximum atomic E-state index is 13.3. The summed E-state index contributed by atoms with van der Waals surface area (Å²) in [5, 5.41) is 3.38. The lowest BCUT2D eigenvalue weighted by Crippen LogP contribution is -2.32. The standard InChI is InChI=1S/C19H15ClF3N5/c20-14-5-3-8-24-18(14)28-9-7-12-16(10-28)25-11-26-17(12)27-15-6-2-1-4-13(15)19(21,22)23/h1-6,8,11H,7,9-10H2,(H,25,26,27). The molecule has 1 aromatic carbocycles. The fourth-order valence-corrected chi connectivity index (χ4v) is 3.46. The zero-order chi connectivity index (χ0) is 19.7. The van der Waals surface area contributed by atoms with Crippen molar-refractivity contribution in [2.45, 2.75) is 19.1 Å². The van der Waals surface area contributed by atoms with Crippen molar-refractivity contribution in [2.24, 2.45) is 0 Å². The highest BCUT2D eigenvalue weighted by Gasteiger charge is 2.33. The maximum absolute atomic E-state index is 13.3. The highest BCUT2D eigenvalue weighted by Crippen LogP contribution is 2.37. The van der Waals surface area contributed by atoms with Gasteiger partial charge in [-0.1, -0.05) is 23.7 Å². The van der Waals surface area contributed by atoms with Crippen LogP contribution in [0.25, 0.3) is 0 Å². The van der Waals surface area contributed by atoms with Gasteiger partial charge in [0, 0.05) is 18.3 Å². The molecule has 4 rings (SSSR count). The zero-order valence-corrected chi connectivity index (χ0v) is 15.3. The molecule has 3 heterocycles. The molecular weight excluding hydrogens is 391 g/mol. The second-order valence-corrected chi connectivity index (χ2v) is 6.70. The molecule has 3 aromatic rings. The van der Waals surface area contributed by atoms with Crippen LogP contribution in [0.2, 0.25) is 5.02 Å². The van der Waals surface area contributed by atoms with Gasteiger partial charge in [0.05, 0.1) is 28.5 Å². The number of rotatable bonds is 3. The molecule has 1 N–H and O–H groups in total. The molecule has 0 atom stereocenters. The van der Waals surface area contributed by atoms with E-state index >= 15 is 0 Å². The van der Waals surface area contributed by atoms with E-state index in [0.29, 0.717) is 36.2 Å². The van der Waals surface area contributed by atoms with Crippen molar-refractivity contribution < 1.29 is 13.2 Å². The first-order chi connectivity index (χ1) is 13.4. The normalized spacial score (nSPS) is 13.9. The van der Waals surface area contributed by atoms with Crippen LogP contribution in [0.15, 0.2) is 48.9 Å². The highest BCUT2D eigenvalue weighted by molar-refractivity contribution is 6.32. The average molecular weight is 406 g/mol. The molecule has 0 fully saturated rings. The molecule has 0 amide bonds. The van der Waals surface area contributed by atoms with Crippen LogP contribution >= 0.6 is 11.6 Å². The van der Waals surface area contributed by atoms with E-state index in [4.69, 9.17) is 11.6 Å². The van der Waals surface area contributed by atoms with Crippen molar-refractivity contribution in [3.05, 3.63) is 70.8 Å². The first-order valence-corrected chi connectivity index (χ1v) is 8.93. The quantitative estimate of drug-likeness (QED) is 0.675. The van der Waals surface area contributed by atoms with E-state index in [-0.39, 0.29) is 5.69 Å². The summed E-state index contributed by atoms with van der Waals surface area (Å²) in [6, 6.07) is 8.86. The van der Waals surface area contributed by atoms with E-state index in [1.54, 1.807) is 24.4 Å². The van der Waals surface area contributed by atoms with Gasteiger partial charge in [-0.2, -0.15) is 13.2 Å². The van der Waals surface area contributed by atoms with Gasteiger partial charge in [-0.25, -0.2) is 15.0 Å². The second-order valence-electron chi connectivity index (χ2n) is 6.30. The second kappa shape index (κ2) is 7.27. The van der Waals surface area contributed by atoms with Crippen LogP contribution in [0.5, 0.6) is 0 Å². The summed E-state index contributed by atoms with van der Waals surface area (Å²) < 4.78 is 39.8. The first kappa shape index (κ1) is 18.5. The summed E-state index contributed by atoms with van der Waals surface area (Å²) >= 11 is 6.23. The van der Waals surface area contributed by atoms with E-state index in [1.165, 1.54) is 18.5 Å². The van der Waals surface area contributed by atoms with Crippen LogP contribution in [-0.2, 0) is 19.1 Å². The van der Waals surface area contributed by atoms with Crippen molar-refractivity contribution in [3.8, 4) is 0 Å². The Morgan fingerprint density at radius 2 is 1.86 bits per heavy atom. The highest BCUT2D eigenvalue weighted by atomic mass is 35.5. The fraction of sp³-hybridized carbons (Fsp3) is 0.211. The van der Waals surface area contributed by atoms with Crippen molar-refractivity contribution >= 4 is 28.9 Å². The minimum atomic E-state index is -4.46. The van der Waals surface area contributed by atoms with E-state index in [9.17, 15) is 13.2 Å². The van der Waals surface area contributed by atoms with E-state index in [1.807, 2.05) is 4.90 Å². The SMILES string of the molecule is FC(F)(F)c1ccccc1Nc1ncnc2c1CCN(c1ncccc1Cl)C2. The average Bonchev–Trinajstić information content (AvgIpc) is 2.68. The molecule has 0 bridgehead atoms. The topological polar surface area (TPSA) is 53.9 Å². The minimum absolute atomic E-state index is 0.0360. The first-order valence-electron chi connectivity index (χ1n) is 8.55. The van der Waals surface area contributed by atoms with Crippen LogP contribution in [0.3, 0.4) is 0 Å². The van der Waals surface area contributed by atoms with Gasteiger partial charge >= 0.3 is 6.18 Å². The number of pyridine rings is 1. The number of halogens is 4. The Bertz CT molecular complexity index is 1010. The molecule has 1 aliphatic rings. The number of hydrogen-bond acceptors (Lipinski definition) is 5. The number of nitrogens with one attached hydrogen (secondary N) is 1. The Hall–Kier alpha value is -2.87. The molecule has 1 aliphatic heterocycles. The lowest BCUT2D eigenvalue weighted by molar-refractivity contribution is -0.136. The predicted octanol–water partition coefficient (Wildman–Crippen LogP) is 4.85. The van der Waals surface area contributed by atoms with E-state index in [2.05, 4.69) is 20.3 Å². The van der Waals surface area contributed by atoms with Crippen LogP contribution in [0.4, 0.5) is 30.5 Å². The molecule has 0 aliphatic carbocycles. The molecule has 0 saturated carbocycles. The molecular formula is C19H15ClF3N5. The summed E-state index contributed by atoms with van der Waals surface area (Å²) in [6.45, 7) is 1.05. The van der Waals surface area contributed by atoms with Gasteiger partial charge in [-0.05, 0) is 30.7 Å². The monoisotopic (exact) mass is 405 g/mol. The van der Waals surface area contributed by atoms with E-state index < -0.39 is 11.7 Å². The third-order valence-electron chi connectivity index (χ3n) is 4.53. The zero-order valence-electron chi connectivity index (χ0n) is 14.5.